The maximum absolute atomic E-state index is 13.9. The Kier molecular flexibility index (Phi) is 7.15. The fraction of sp³-hybridized carbons (Fsp3) is 0.435. The number of carbonyl (C=O) groups excluding carboxylic acids is 1. The van der Waals surface area contributed by atoms with Crippen LogP contribution in [-0.4, -0.2) is 50.8 Å². The predicted octanol–water partition coefficient (Wildman–Crippen LogP) is 4.17. The number of nitrogens with zero attached hydrogens (tertiary/aromatic N) is 2. The van der Waals surface area contributed by atoms with Gasteiger partial charge >= 0.3 is 6.03 Å². The summed E-state index contributed by atoms with van der Waals surface area (Å²) in [7, 11) is 1.42. The van der Waals surface area contributed by atoms with E-state index in [1.54, 1.807) is 12.1 Å². The Morgan fingerprint density at radius 1 is 1.17 bits per heavy atom. The molecule has 1 heterocycles. The maximum atomic E-state index is 13.9. The van der Waals surface area contributed by atoms with Crippen molar-refractivity contribution in [1.29, 1.82) is 0 Å². The van der Waals surface area contributed by atoms with Crippen molar-refractivity contribution in [2.75, 3.05) is 50.1 Å². The summed E-state index contributed by atoms with van der Waals surface area (Å²) in [6.45, 7) is 11.3. The summed E-state index contributed by atoms with van der Waals surface area (Å²) in [5, 5.41) is 5.72. The van der Waals surface area contributed by atoms with Crippen LogP contribution in [0.25, 0.3) is 0 Å². The van der Waals surface area contributed by atoms with E-state index in [0.29, 0.717) is 5.56 Å². The standard InChI is InChI=1S/C23H31FN4O2/c1-5-27-10-12-28(13-11-27)21-8-7-19(14-16(21)2)26-23(29)25-17(3)18-6-9-22(30-4)20(24)15-18/h6-9,14-15,17H,5,10-13H2,1-4H3,(H2,25,26,29)/t17-/m0/s1. The molecule has 0 saturated carbocycles. The molecule has 2 aromatic rings. The van der Waals surface area contributed by atoms with Crippen LogP contribution in [0.1, 0.15) is 31.0 Å². The van der Waals surface area contributed by atoms with E-state index in [0.717, 1.165) is 44.0 Å². The number of amides is 2. The molecule has 1 atom stereocenters. The molecule has 162 valence electrons. The van der Waals surface area contributed by atoms with Crippen LogP contribution in [0.4, 0.5) is 20.6 Å². The highest BCUT2D eigenvalue weighted by atomic mass is 19.1. The number of carbonyl (C=O) groups is 1. The Morgan fingerprint density at radius 3 is 2.50 bits per heavy atom. The summed E-state index contributed by atoms with van der Waals surface area (Å²) < 4.78 is 18.8. The third kappa shape index (κ3) is 5.21. The number of ether oxygens (including phenoxy) is 1. The Morgan fingerprint density at radius 2 is 1.90 bits per heavy atom. The molecule has 2 N–H and O–H groups in total. The SMILES string of the molecule is CCN1CCN(c2ccc(NC(=O)N[C@@H](C)c3ccc(OC)c(F)c3)cc2C)CC1. The van der Waals surface area contributed by atoms with Crippen molar-refractivity contribution < 1.29 is 13.9 Å². The van der Waals surface area contributed by atoms with Gasteiger partial charge in [0.1, 0.15) is 0 Å². The minimum absolute atomic E-state index is 0.182. The number of aryl methyl sites for hydroxylation is 1. The molecule has 0 aliphatic carbocycles. The highest BCUT2D eigenvalue weighted by molar-refractivity contribution is 5.90. The molecule has 0 spiro atoms. The molecule has 30 heavy (non-hydrogen) atoms. The van der Waals surface area contributed by atoms with Crippen LogP contribution in [0.15, 0.2) is 36.4 Å². The molecule has 6 nitrogen and oxygen atoms in total. The van der Waals surface area contributed by atoms with Crippen LogP contribution in [0, 0.1) is 12.7 Å². The van der Waals surface area contributed by atoms with Gasteiger partial charge in [0.25, 0.3) is 0 Å². The van der Waals surface area contributed by atoms with Crippen LogP contribution in [-0.2, 0) is 0 Å². The third-order valence-corrected chi connectivity index (χ3v) is 5.64. The molecule has 1 fully saturated rings. The number of nitrogens with one attached hydrogen (secondary N) is 2. The molecule has 2 aromatic carbocycles. The van der Waals surface area contributed by atoms with Gasteiger partial charge in [-0.3, -0.25) is 0 Å². The lowest BCUT2D eigenvalue weighted by Crippen LogP contribution is -2.46. The Labute approximate surface area is 178 Å². The van der Waals surface area contributed by atoms with Crippen molar-refractivity contribution in [2.45, 2.75) is 26.8 Å². The lowest BCUT2D eigenvalue weighted by atomic mass is 10.1. The second-order valence-corrected chi connectivity index (χ2v) is 7.64. The lowest BCUT2D eigenvalue weighted by molar-refractivity contribution is 0.249. The molecule has 7 heteroatoms. The number of hydrogen-bond donors (Lipinski definition) is 2. The van der Waals surface area contributed by atoms with Gasteiger partial charge in [-0.15, -0.1) is 0 Å². The van der Waals surface area contributed by atoms with Crippen molar-refractivity contribution >= 4 is 17.4 Å². The monoisotopic (exact) mass is 414 g/mol. The van der Waals surface area contributed by atoms with Gasteiger partial charge in [0.05, 0.1) is 13.2 Å². The average molecular weight is 415 g/mol. The van der Waals surface area contributed by atoms with Crippen molar-refractivity contribution in [3.8, 4) is 5.75 Å². The molecule has 0 radical (unpaired) electrons. The van der Waals surface area contributed by atoms with Gasteiger partial charge in [-0.1, -0.05) is 13.0 Å². The molecule has 0 aromatic heterocycles. The largest absolute Gasteiger partial charge is 0.494 e. The van der Waals surface area contributed by atoms with E-state index in [1.807, 2.05) is 19.1 Å². The average Bonchev–Trinajstić information content (AvgIpc) is 2.73. The van der Waals surface area contributed by atoms with E-state index >= 15 is 0 Å². The molecule has 0 unspecified atom stereocenters. The van der Waals surface area contributed by atoms with Gasteiger partial charge in [0.15, 0.2) is 11.6 Å². The fourth-order valence-electron chi connectivity index (χ4n) is 3.79. The quantitative estimate of drug-likeness (QED) is 0.745. The van der Waals surface area contributed by atoms with Crippen molar-refractivity contribution in [1.82, 2.24) is 10.2 Å². The zero-order valence-electron chi connectivity index (χ0n) is 18.2. The van der Waals surface area contributed by atoms with Gasteiger partial charge in [-0.25, -0.2) is 9.18 Å². The van der Waals surface area contributed by atoms with E-state index in [2.05, 4.69) is 40.3 Å². The van der Waals surface area contributed by atoms with Gasteiger partial charge in [-0.05, 0) is 61.9 Å². The van der Waals surface area contributed by atoms with E-state index in [9.17, 15) is 9.18 Å². The van der Waals surface area contributed by atoms with Gasteiger partial charge in [-0.2, -0.15) is 0 Å². The molecule has 2 amide bonds. The summed E-state index contributed by atoms with van der Waals surface area (Å²) in [5.74, 6) is -0.267. The van der Waals surface area contributed by atoms with Crippen LogP contribution < -0.4 is 20.3 Å². The van der Waals surface area contributed by atoms with E-state index in [4.69, 9.17) is 4.74 Å². The first-order valence-electron chi connectivity index (χ1n) is 10.4. The topological polar surface area (TPSA) is 56.8 Å². The number of halogens is 1. The Hall–Kier alpha value is -2.80. The van der Waals surface area contributed by atoms with E-state index in [1.165, 1.54) is 18.9 Å². The first-order valence-corrected chi connectivity index (χ1v) is 10.4. The van der Waals surface area contributed by atoms with Crippen LogP contribution in [0.5, 0.6) is 5.75 Å². The molecular formula is C23H31FN4O2. The smallest absolute Gasteiger partial charge is 0.319 e. The van der Waals surface area contributed by atoms with Crippen molar-refractivity contribution in [3.05, 3.63) is 53.3 Å². The molecular weight excluding hydrogens is 383 g/mol. The van der Waals surface area contributed by atoms with Crippen LogP contribution in [0.2, 0.25) is 0 Å². The zero-order chi connectivity index (χ0) is 21.7. The van der Waals surface area contributed by atoms with E-state index < -0.39 is 5.82 Å². The van der Waals surface area contributed by atoms with Crippen molar-refractivity contribution in [3.63, 3.8) is 0 Å². The number of hydrogen-bond acceptors (Lipinski definition) is 4. The molecule has 1 aliphatic rings. The summed E-state index contributed by atoms with van der Waals surface area (Å²) in [4.78, 5) is 17.3. The summed E-state index contributed by atoms with van der Waals surface area (Å²) in [5.41, 5.74) is 3.73. The second-order valence-electron chi connectivity index (χ2n) is 7.64. The number of rotatable bonds is 6. The van der Waals surface area contributed by atoms with Gasteiger partial charge in [0, 0.05) is 37.6 Å². The third-order valence-electron chi connectivity index (χ3n) is 5.64. The minimum atomic E-state index is -0.449. The zero-order valence-corrected chi connectivity index (χ0v) is 18.2. The molecule has 1 aliphatic heterocycles. The first kappa shape index (κ1) is 21.9. The van der Waals surface area contributed by atoms with E-state index in [-0.39, 0.29) is 17.8 Å². The fourth-order valence-corrected chi connectivity index (χ4v) is 3.79. The second kappa shape index (κ2) is 9.80. The predicted molar refractivity (Wildman–Crippen MR) is 119 cm³/mol. The number of likely N-dealkylation sites (N-methyl/N-ethyl adjacent to an activating group) is 1. The van der Waals surface area contributed by atoms with Gasteiger partial charge < -0.3 is 25.2 Å². The van der Waals surface area contributed by atoms with Gasteiger partial charge in [0.2, 0.25) is 0 Å². The summed E-state index contributed by atoms with van der Waals surface area (Å²) >= 11 is 0. The normalized spacial score (nSPS) is 15.6. The summed E-state index contributed by atoms with van der Waals surface area (Å²) in [6, 6.07) is 9.97. The number of piperazine rings is 1. The highest BCUT2D eigenvalue weighted by Gasteiger charge is 2.18. The molecule has 1 saturated heterocycles. The maximum Gasteiger partial charge on any atom is 0.319 e. The first-order chi connectivity index (χ1) is 14.4. The minimum Gasteiger partial charge on any atom is -0.494 e. The Bertz CT molecular complexity index is 882. The Balaban J connectivity index is 1.59. The number of benzene rings is 2. The molecule has 3 rings (SSSR count). The van der Waals surface area contributed by atoms with Crippen LogP contribution >= 0.6 is 0 Å². The number of anilines is 2. The molecule has 0 bridgehead atoms. The summed E-state index contributed by atoms with van der Waals surface area (Å²) in [6.07, 6.45) is 0. The lowest BCUT2D eigenvalue weighted by Gasteiger charge is -2.36. The number of methoxy groups -OCH3 is 1. The van der Waals surface area contributed by atoms with Crippen molar-refractivity contribution in [2.24, 2.45) is 0 Å². The highest BCUT2D eigenvalue weighted by Crippen LogP contribution is 2.25. The number of urea groups is 1. The van der Waals surface area contributed by atoms with Crippen LogP contribution in [0.3, 0.4) is 0 Å².